The number of Topliss-reactive ketones (excluding diaryl/α,β-unsaturated/α-hetero) is 2. The van der Waals surface area contributed by atoms with Crippen molar-refractivity contribution in [2.45, 2.75) is 31.0 Å². The highest BCUT2D eigenvalue weighted by atomic mass is 79.9. The first-order valence-electron chi connectivity index (χ1n) is 4.39. The van der Waals surface area contributed by atoms with Crippen molar-refractivity contribution in [1.29, 1.82) is 0 Å². The highest BCUT2D eigenvalue weighted by Crippen LogP contribution is 2.17. The van der Waals surface area contributed by atoms with Gasteiger partial charge in [0.15, 0.2) is 5.78 Å². The molecular weight excluding hydrogens is 252 g/mol. The summed E-state index contributed by atoms with van der Waals surface area (Å²) >= 11 is 3.12. The molecule has 0 aromatic heterocycles. The molecule has 0 aromatic rings. The van der Waals surface area contributed by atoms with E-state index in [1.54, 1.807) is 6.92 Å². The van der Waals surface area contributed by atoms with Crippen molar-refractivity contribution >= 4 is 34.0 Å². The Morgan fingerprint density at radius 3 is 2.50 bits per heavy atom. The zero-order valence-electron chi connectivity index (χ0n) is 7.99. The number of hydrogen-bond acceptors (Lipinski definition) is 4. The van der Waals surface area contributed by atoms with Gasteiger partial charge in [-0.3, -0.25) is 14.4 Å². The lowest BCUT2D eigenvalue weighted by molar-refractivity contribution is -0.137. The average molecular weight is 265 g/mol. The fraction of sp³-hybridized carbons (Fsp3) is 0.667. The van der Waals surface area contributed by atoms with E-state index in [9.17, 15) is 14.4 Å². The van der Waals surface area contributed by atoms with Crippen molar-refractivity contribution in [3.8, 4) is 0 Å². The molecule has 0 N–H and O–H groups in total. The Labute approximate surface area is 91.1 Å². The van der Waals surface area contributed by atoms with Crippen LogP contribution in [0.5, 0.6) is 0 Å². The van der Waals surface area contributed by atoms with Gasteiger partial charge >= 0.3 is 0 Å². The summed E-state index contributed by atoms with van der Waals surface area (Å²) in [5.74, 6) is -0.468. The second-order valence-corrected chi connectivity index (χ2v) is 3.80. The summed E-state index contributed by atoms with van der Waals surface area (Å²) in [5, 5.41) is 0. The van der Waals surface area contributed by atoms with Crippen molar-refractivity contribution < 1.29 is 19.1 Å². The van der Waals surface area contributed by atoms with Gasteiger partial charge in [-0.2, -0.15) is 0 Å². The van der Waals surface area contributed by atoms with E-state index in [1.807, 2.05) is 0 Å². The predicted octanol–water partition coefficient (Wildman–Crippen LogP) is 1.25. The van der Waals surface area contributed by atoms with Crippen molar-refractivity contribution in [2.75, 3.05) is 6.61 Å². The van der Waals surface area contributed by atoms with E-state index in [0.29, 0.717) is 19.5 Å². The number of carbonyl (C=O) groups is 3. The maximum atomic E-state index is 10.7. The topological polar surface area (TPSA) is 60.4 Å². The van der Waals surface area contributed by atoms with E-state index < -0.39 is 0 Å². The molecule has 0 amide bonds. The van der Waals surface area contributed by atoms with Gasteiger partial charge in [0.05, 0.1) is 11.4 Å². The molecule has 1 rings (SSSR count). The van der Waals surface area contributed by atoms with Crippen molar-refractivity contribution in [3.63, 3.8) is 0 Å². The van der Waals surface area contributed by atoms with Crippen molar-refractivity contribution in [1.82, 2.24) is 0 Å². The average Bonchev–Trinajstić information content (AvgIpc) is 2.16. The van der Waals surface area contributed by atoms with Gasteiger partial charge in [-0.25, -0.2) is 0 Å². The Balaban J connectivity index is 0.000000292. The van der Waals surface area contributed by atoms with Crippen LogP contribution in [0.4, 0.5) is 0 Å². The van der Waals surface area contributed by atoms with Gasteiger partial charge in [0.1, 0.15) is 0 Å². The summed E-state index contributed by atoms with van der Waals surface area (Å²) in [6, 6.07) is 0. The lowest BCUT2D eigenvalue weighted by Crippen LogP contribution is -2.28. The molecule has 4 nitrogen and oxygen atoms in total. The van der Waals surface area contributed by atoms with Gasteiger partial charge in [0.2, 0.25) is 5.78 Å². The summed E-state index contributed by atoms with van der Waals surface area (Å²) in [4.78, 5) is 30.3. The Morgan fingerprint density at radius 2 is 2.21 bits per heavy atom. The molecule has 1 saturated carbocycles. The van der Waals surface area contributed by atoms with Crippen LogP contribution < -0.4 is 0 Å². The van der Waals surface area contributed by atoms with E-state index in [4.69, 9.17) is 0 Å². The largest absolute Gasteiger partial charge is 0.468 e. The smallest absolute Gasteiger partial charge is 0.293 e. The van der Waals surface area contributed by atoms with Crippen LogP contribution in [0.2, 0.25) is 0 Å². The lowest BCUT2D eigenvalue weighted by atomic mass is 9.98. The van der Waals surface area contributed by atoms with Crippen molar-refractivity contribution in [3.05, 3.63) is 0 Å². The number of rotatable bonds is 2. The van der Waals surface area contributed by atoms with Gasteiger partial charge in [0, 0.05) is 6.42 Å². The third-order valence-electron chi connectivity index (χ3n) is 1.66. The minimum absolute atomic E-state index is 0.196. The Morgan fingerprint density at radius 1 is 1.57 bits per heavy atom. The zero-order chi connectivity index (χ0) is 11.0. The number of carbonyl (C=O) groups excluding carboxylic acids is 3. The van der Waals surface area contributed by atoms with Crippen LogP contribution in [-0.4, -0.2) is 29.5 Å². The van der Waals surface area contributed by atoms with Gasteiger partial charge in [-0.05, 0) is 19.8 Å². The van der Waals surface area contributed by atoms with Crippen molar-refractivity contribution in [2.24, 2.45) is 0 Å². The first kappa shape index (κ1) is 13.3. The fourth-order valence-corrected chi connectivity index (χ4v) is 1.52. The van der Waals surface area contributed by atoms with Gasteiger partial charge in [-0.15, -0.1) is 0 Å². The minimum atomic E-state index is -0.249. The van der Waals surface area contributed by atoms with E-state index in [-0.39, 0.29) is 16.4 Å². The molecule has 14 heavy (non-hydrogen) atoms. The SMILES string of the molecule is CCOC=O.O=C1CCCC(Br)C1=O. The molecule has 0 aromatic carbocycles. The molecule has 1 unspecified atom stereocenters. The Hall–Kier alpha value is -0.710. The molecule has 0 heterocycles. The highest BCUT2D eigenvalue weighted by molar-refractivity contribution is 9.10. The lowest BCUT2D eigenvalue weighted by Gasteiger charge is -2.11. The van der Waals surface area contributed by atoms with Crippen LogP contribution in [0.15, 0.2) is 0 Å². The predicted molar refractivity (Wildman–Crippen MR) is 54.3 cm³/mol. The number of alkyl halides is 1. The standard InChI is InChI=1S/C6H7BrO2.C3H6O2/c7-4-2-1-3-5(8)6(4)9;1-2-5-3-4/h4H,1-3H2;3H,2H2,1H3. The molecule has 1 atom stereocenters. The molecule has 1 fully saturated rings. The highest BCUT2D eigenvalue weighted by Gasteiger charge is 2.26. The van der Waals surface area contributed by atoms with E-state index in [2.05, 4.69) is 20.7 Å². The monoisotopic (exact) mass is 264 g/mol. The third-order valence-corrected chi connectivity index (χ3v) is 2.53. The van der Waals surface area contributed by atoms with Crippen LogP contribution in [-0.2, 0) is 19.1 Å². The zero-order valence-corrected chi connectivity index (χ0v) is 9.58. The molecule has 0 saturated heterocycles. The summed E-state index contributed by atoms with van der Waals surface area (Å²) in [6.45, 7) is 2.66. The molecule has 0 aliphatic heterocycles. The first-order valence-corrected chi connectivity index (χ1v) is 5.31. The van der Waals surface area contributed by atoms with E-state index >= 15 is 0 Å². The minimum Gasteiger partial charge on any atom is -0.468 e. The molecule has 0 bridgehead atoms. The maximum absolute atomic E-state index is 10.7. The second-order valence-electron chi connectivity index (χ2n) is 2.70. The molecule has 0 radical (unpaired) electrons. The van der Waals surface area contributed by atoms with Gasteiger partial charge in [0.25, 0.3) is 6.47 Å². The molecule has 1 aliphatic rings. The van der Waals surface area contributed by atoms with Crippen LogP contribution in [0.1, 0.15) is 26.2 Å². The van der Waals surface area contributed by atoms with E-state index in [0.717, 1.165) is 12.8 Å². The van der Waals surface area contributed by atoms with Crippen LogP contribution in [0, 0.1) is 0 Å². The van der Waals surface area contributed by atoms with Crippen LogP contribution in [0.3, 0.4) is 0 Å². The Bertz CT molecular complexity index is 215. The van der Waals surface area contributed by atoms with Crippen LogP contribution >= 0.6 is 15.9 Å². The summed E-state index contributed by atoms with van der Waals surface area (Å²) in [7, 11) is 0. The van der Waals surface area contributed by atoms with E-state index in [1.165, 1.54) is 0 Å². The number of ether oxygens (including phenoxy) is 1. The van der Waals surface area contributed by atoms with Gasteiger partial charge in [-0.1, -0.05) is 15.9 Å². The molecule has 1 aliphatic carbocycles. The molecule has 0 spiro atoms. The fourth-order valence-electron chi connectivity index (χ4n) is 0.939. The molecular formula is C9H13BrO4. The van der Waals surface area contributed by atoms with Crippen LogP contribution in [0.25, 0.3) is 0 Å². The third kappa shape index (κ3) is 5.11. The maximum Gasteiger partial charge on any atom is 0.293 e. The van der Waals surface area contributed by atoms with Gasteiger partial charge < -0.3 is 4.74 Å². The number of ketones is 2. The summed E-state index contributed by atoms with van der Waals surface area (Å²) in [6.07, 6.45) is 2.10. The second kappa shape index (κ2) is 7.67. The summed E-state index contributed by atoms with van der Waals surface area (Å²) < 4.78 is 4.15. The Kier molecular flexibility index (Phi) is 7.28. The molecule has 5 heteroatoms. The number of hydrogen-bond donors (Lipinski definition) is 0. The normalized spacial score (nSPS) is 20.9. The first-order chi connectivity index (χ1) is 6.63. The summed E-state index contributed by atoms with van der Waals surface area (Å²) in [5.41, 5.74) is 0. The number of halogens is 1. The quantitative estimate of drug-likeness (QED) is 0.428. The molecule has 80 valence electrons.